The van der Waals surface area contributed by atoms with Gasteiger partial charge in [0.15, 0.2) is 0 Å². The van der Waals surface area contributed by atoms with Crippen LogP contribution in [0.15, 0.2) is 0 Å². The standard InChI is InChI=1S/C9H18N2OS/c1-7(12)8-2-4-11(5-3-8)6-9(10)13/h7-8,12H,2-6H2,1H3,(H2,10,13). The van der Waals surface area contributed by atoms with Gasteiger partial charge in [0.05, 0.1) is 11.1 Å². The van der Waals surface area contributed by atoms with Crippen LogP contribution < -0.4 is 5.73 Å². The van der Waals surface area contributed by atoms with E-state index >= 15 is 0 Å². The van der Waals surface area contributed by atoms with Gasteiger partial charge in [0.2, 0.25) is 0 Å². The van der Waals surface area contributed by atoms with Crippen LogP contribution in [0.1, 0.15) is 19.8 Å². The maximum Gasteiger partial charge on any atom is 0.0870 e. The molecule has 76 valence electrons. The third-order valence-electron chi connectivity index (χ3n) is 2.69. The van der Waals surface area contributed by atoms with E-state index < -0.39 is 0 Å². The zero-order chi connectivity index (χ0) is 9.84. The first-order chi connectivity index (χ1) is 6.09. The second kappa shape index (κ2) is 4.88. The lowest BCUT2D eigenvalue weighted by Crippen LogP contribution is -2.40. The molecule has 13 heavy (non-hydrogen) atoms. The summed E-state index contributed by atoms with van der Waals surface area (Å²) < 4.78 is 0. The number of piperidine rings is 1. The quantitative estimate of drug-likeness (QED) is 0.649. The Balaban J connectivity index is 2.26. The fourth-order valence-corrected chi connectivity index (χ4v) is 2.00. The number of likely N-dealkylation sites (tertiary alicyclic amines) is 1. The van der Waals surface area contributed by atoms with Crippen LogP contribution in [-0.2, 0) is 0 Å². The van der Waals surface area contributed by atoms with Crippen LogP contribution in [0, 0.1) is 5.92 Å². The summed E-state index contributed by atoms with van der Waals surface area (Å²) in [5.41, 5.74) is 5.46. The fourth-order valence-electron chi connectivity index (χ4n) is 1.81. The summed E-state index contributed by atoms with van der Waals surface area (Å²) in [6, 6.07) is 0. The van der Waals surface area contributed by atoms with E-state index in [9.17, 15) is 5.11 Å². The maximum absolute atomic E-state index is 9.38. The predicted octanol–water partition coefficient (Wildman–Crippen LogP) is 0.365. The van der Waals surface area contributed by atoms with Crippen LogP contribution in [-0.4, -0.2) is 40.7 Å². The third kappa shape index (κ3) is 3.58. The van der Waals surface area contributed by atoms with E-state index in [0.29, 0.717) is 10.9 Å². The molecule has 1 atom stereocenters. The van der Waals surface area contributed by atoms with Crippen LogP contribution in [0.3, 0.4) is 0 Å². The summed E-state index contributed by atoms with van der Waals surface area (Å²) in [5, 5.41) is 9.38. The Bertz CT molecular complexity index is 176. The molecule has 0 spiro atoms. The molecule has 1 unspecified atom stereocenters. The SMILES string of the molecule is CC(O)C1CCN(CC(N)=S)CC1. The Kier molecular flexibility index (Phi) is 4.09. The number of rotatable bonds is 3. The van der Waals surface area contributed by atoms with E-state index in [2.05, 4.69) is 4.90 Å². The van der Waals surface area contributed by atoms with Gasteiger partial charge in [-0.05, 0) is 38.8 Å². The van der Waals surface area contributed by atoms with Crippen LogP contribution in [0.4, 0.5) is 0 Å². The van der Waals surface area contributed by atoms with Gasteiger partial charge in [-0.3, -0.25) is 4.90 Å². The number of nitrogens with zero attached hydrogens (tertiary/aromatic N) is 1. The van der Waals surface area contributed by atoms with Gasteiger partial charge in [0, 0.05) is 6.54 Å². The van der Waals surface area contributed by atoms with Gasteiger partial charge in [0.25, 0.3) is 0 Å². The van der Waals surface area contributed by atoms with E-state index in [4.69, 9.17) is 18.0 Å². The van der Waals surface area contributed by atoms with Gasteiger partial charge in [0.1, 0.15) is 0 Å². The minimum Gasteiger partial charge on any atom is -0.393 e. The molecule has 1 heterocycles. The highest BCUT2D eigenvalue weighted by atomic mass is 32.1. The Hall–Kier alpha value is -0.190. The lowest BCUT2D eigenvalue weighted by molar-refractivity contribution is 0.0768. The number of thiocarbonyl (C=S) groups is 1. The number of aliphatic hydroxyl groups is 1. The zero-order valence-corrected chi connectivity index (χ0v) is 8.89. The van der Waals surface area contributed by atoms with Crippen molar-refractivity contribution in [2.75, 3.05) is 19.6 Å². The minimum absolute atomic E-state index is 0.174. The summed E-state index contributed by atoms with van der Waals surface area (Å²) in [5.74, 6) is 0.461. The van der Waals surface area contributed by atoms with Crippen molar-refractivity contribution in [1.82, 2.24) is 4.90 Å². The lowest BCUT2D eigenvalue weighted by Gasteiger charge is -2.32. The molecule has 0 aromatic rings. The molecule has 0 aliphatic carbocycles. The molecule has 4 heteroatoms. The first-order valence-corrected chi connectivity index (χ1v) is 5.19. The molecule has 0 aromatic heterocycles. The normalized spacial score (nSPS) is 22.9. The highest BCUT2D eigenvalue weighted by molar-refractivity contribution is 7.80. The van der Waals surface area contributed by atoms with Crippen molar-refractivity contribution in [3.05, 3.63) is 0 Å². The Labute approximate surface area is 84.9 Å². The van der Waals surface area contributed by atoms with Crippen LogP contribution >= 0.6 is 12.2 Å². The van der Waals surface area contributed by atoms with Crippen molar-refractivity contribution >= 4 is 17.2 Å². The van der Waals surface area contributed by atoms with E-state index in [1.165, 1.54) is 0 Å². The van der Waals surface area contributed by atoms with Crippen molar-refractivity contribution < 1.29 is 5.11 Å². The molecule has 0 bridgehead atoms. The highest BCUT2D eigenvalue weighted by Crippen LogP contribution is 2.19. The molecule has 3 nitrogen and oxygen atoms in total. The Morgan fingerprint density at radius 2 is 2.15 bits per heavy atom. The zero-order valence-electron chi connectivity index (χ0n) is 8.07. The van der Waals surface area contributed by atoms with E-state index in [-0.39, 0.29) is 6.10 Å². The maximum atomic E-state index is 9.38. The molecule has 0 amide bonds. The summed E-state index contributed by atoms with van der Waals surface area (Å²) in [6.07, 6.45) is 1.94. The van der Waals surface area contributed by atoms with Gasteiger partial charge in [-0.25, -0.2) is 0 Å². The monoisotopic (exact) mass is 202 g/mol. The van der Waals surface area contributed by atoms with Crippen LogP contribution in [0.2, 0.25) is 0 Å². The number of hydrogen-bond acceptors (Lipinski definition) is 3. The molecule has 3 N–H and O–H groups in total. The number of aliphatic hydroxyl groups excluding tert-OH is 1. The molecule has 1 aliphatic rings. The van der Waals surface area contributed by atoms with Crippen molar-refractivity contribution in [3.63, 3.8) is 0 Å². The molecule has 1 rings (SSSR count). The molecule has 0 saturated carbocycles. The first-order valence-electron chi connectivity index (χ1n) is 4.78. The average Bonchev–Trinajstić information content (AvgIpc) is 2.04. The second-order valence-corrected chi connectivity index (χ2v) is 4.34. The first kappa shape index (κ1) is 10.9. The summed E-state index contributed by atoms with van der Waals surface area (Å²) in [4.78, 5) is 2.82. The molecular weight excluding hydrogens is 184 g/mol. The Morgan fingerprint density at radius 1 is 1.62 bits per heavy atom. The van der Waals surface area contributed by atoms with Crippen molar-refractivity contribution in [1.29, 1.82) is 0 Å². The second-order valence-electron chi connectivity index (χ2n) is 3.82. The van der Waals surface area contributed by atoms with Gasteiger partial charge < -0.3 is 10.8 Å². The van der Waals surface area contributed by atoms with Crippen molar-refractivity contribution in [3.8, 4) is 0 Å². The lowest BCUT2D eigenvalue weighted by atomic mass is 9.92. The van der Waals surface area contributed by atoms with Gasteiger partial charge in [-0.1, -0.05) is 12.2 Å². The average molecular weight is 202 g/mol. The van der Waals surface area contributed by atoms with Gasteiger partial charge in [-0.2, -0.15) is 0 Å². The summed E-state index contributed by atoms with van der Waals surface area (Å²) >= 11 is 4.84. The van der Waals surface area contributed by atoms with E-state index in [1.807, 2.05) is 6.92 Å². The molecule has 0 aromatic carbocycles. The minimum atomic E-state index is -0.174. The summed E-state index contributed by atoms with van der Waals surface area (Å²) in [6.45, 7) is 4.61. The topological polar surface area (TPSA) is 49.5 Å². The smallest absolute Gasteiger partial charge is 0.0870 e. The molecule has 1 fully saturated rings. The summed E-state index contributed by atoms with van der Waals surface area (Å²) in [7, 11) is 0. The van der Waals surface area contributed by atoms with E-state index in [1.54, 1.807) is 0 Å². The molecule has 1 saturated heterocycles. The fraction of sp³-hybridized carbons (Fsp3) is 0.889. The van der Waals surface area contributed by atoms with Gasteiger partial charge >= 0.3 is 0 Å². The van der Waals surface area contributed by atoms with Crippen LogP contribution in [0.25, 0.3) is 0 Å². The number of nitrogens with two attached hydrogens (primary N) is 1. The molecule has 1 aliphatic heterocycles. The van der Waals surface area contributed by atoms with Crippen molar-refractivity contribution in [2.24, 2.45) is 11.7 Å². The van der Waals surface area contributed by atoms with E-state index in [0.717, 1.165) is 32.5 Å². The van der Waals surface area contributed by atoms with Gasteiger partial charge in [-0.15, -0.1) is 0 Å². The number of hydrogen-bond donors (Lipinski definition) is 2. The van der Waals surface area contributed by atoms with Crippen LogP contribution in [0.5, 0.6) is 0 Å². The molecular formula is C9H18N2OS. The third-order valence-corrected chi connectivity index (χ3v) is 2.82. The largest absolute Gasteiger partial charge is 0.393 e. The highest BCUT2D eigenvalue weighted by Gasteiger charge is 2.22. The Morgan fingerprint density at radius 3 is 2.54 bits per heavy atom. The molecule has 0 radical (unpaired) electrons. The predicted molar refractivity (Wildman–Crippen MR) is 57.6 cm³/mol. The van der Waals surface area contributed by atoms with Crippen molar-refractivity contribution in [2.45, 2.75) is 25.9 Å².